The summed E-state index contributed by atoms with van der Waals surface area (Å²) in [4.78, 5) is 2.01. The molecule has 0 amide bonds. The minimum atomic E-state index is -0.271. The molecule has 1 unspecified atom stereocenters. The predicted molar refractivity (Wildman–Crippen MR) is 63.9 cm³/mol. The molecule has 90 valence electrons. The molecule has 0 aromatic carbocycles. The standard InChI is InChI=1S/C12H26N2O/c1-11(2)10(12(11,3)4)13-7-9(15)8-14(5)6/h9-10,13,15H,7-8H2,1-6H3. The first-order chi connectivity index (χ1) is 6.69. The summed E-state index contributed by atoms with van der Waals surface area (Å²) in [6, 6.07) is 0.529. The zero-order valence-electron chi connectivity index (χ0n) is 11.0. The van der Waals surface area contributed by atoms with Crippen LogP contribution in [0.1, 0.15) is 27.7 Å². The Morgan fingerprint density at radius 1 is 1.20 bits per heavy atom. The Kier molecular flexibility index (Phi) is 3.49. The zero-order valence-corrected chi connectivity index (χ0v) is 11.0. The van der Waals surface area contributed by atoms with Crippen molar-refractivity contribution in [1.29, 1.82) is 0 Å². The zero-order chi connectivity index (χ0) is 11.9. The van der Waals surface area contributed by atoms with Crippen LogP contribution >= 0.6 is 0 Å². The highest BCUT2D eigenvalue weighted by Crippen LogP contribution is 2.62. The summed E-state index contributed by atoms with van der Waals surface area (Å²) in [5.74, 6) is 0. The SMILES string of the molecule is CN(C)CC(O)CNC1C(C)(C)C1(C)C. The van der Waals surface area contributed by atoms with Crippen LogP contribution in [0.4, 0.5) is 0 Å². The number of aliphatic hydroxyl groups excluding tert-OH is 1. The minimum absolute atomic E-state index is 0.271. The van der Waals surface area contributed by atoms with Gasteiger partial charge in [0.15, 0.2) is 0 Å². The molecule has 2 N–H and O–H groups in total. The maximum Gasteiger partial charge on any atom is 0.0791 e. The Labute approximate surface area is 93.9 Å². The van der Waals surface area contributed by atoms with Gasteiger partial charge in [-0.1, -0.05) is 27.7 Å². The van der Waals surface area contributed by atoms with E-state index in [1.807, 2.05) is 19.0 Å². The molecule has 1 rings (SSSR count). The van der Waals surface area contributed by atoms with E-state index in [4.69, 9.17) is 0 Å². The van der Waals surface area contributed by atoms with Gasteiger partial charge in [-0.05, 0) is 24.9 Å². The molecule has 0 radical (unpaired) electrons. The number of nitrogens with zero attached hydrogens (tertiary/aromatic N) is 1. The fraction of sp³-hybridized carbons (Fsp3) is 1.00. The van der Waals surface area contributed by atoms with Crippen molar-refractivity contribution in [3.8, 4) is 0 Å². The van der Waals surface area contributed by atoms with Crippen molar-refractivity contribution in [3.63, 3.8) is 0 Å². The number of hydrogen-bond donors (Lipinski definition) is 2. The van der Waals surface area contributed by atoms with Gasteiger partial charge in [-0.15, -0.1) is 0 Å². The number of nitrogens with one attached hydrogen (secondary N) is 1. The van der Waals surface area contributed by atoms with Gasteiger partial charge in [-0.2, -0.15) is 0 Å². The Morgan fingerprint density at radius 3 is 2.00 bits per heavy atom. The summed E-state index contributed by atoms with van der Waals surface area (Å²) in [5, 5.41) is 13.2. The minimum Gasteiger partial charge on any atom is -0.390 e. The molecular formula is C12H26N2O. The van der Waals surface area contributed by atoms with Gasteiger partial charge in [0.1, 0.15) is 0 Å². The first-order valence-corrected chi connectivity index (χ1v) is 5.75. The van der Waals surface area contributed by atoms with Crippen molar-refractivity contribution in [2.24, 2.45) is 10.8 Å². The molecule has 0 saturated heterocycles. The summed E-state index contributed by atoms with van der Waals surface area (Å²) in [6.07, 6.45) is -0.271. The molecule has 1 saturated carbocycles. The number of likely N-dealkylation sites (N-methyl/N-ethyl adjacent to an activating group) is 1. The molecule has 1 atom stereocenters. The van der Waals surface area contributed by atoms with Crippen LogP contribution in [0.5, 0.6) is 0 Å². The Hall–Kier alpha value is -0.120. The van der Waals surface area contributed by atoms with E-state index in [1.54, 1.807) is 0 Å². The Morgan fingerprint density at radius 2 is 1.67 bits per heavy atom. The molecule has 1 aliphatic carbocycles. The van der Waals surface area contributed by atoms with Crippen molar-refractivity contribution in [1.82, 2.24) is 10.2 Å². The van der Waals surface area contributed by atoms with E-state index in [1.165, 1.54) is 0 Å². The van der Waals surface area contributed by atoms with Crippen molar-refractivity contribution in [2.45, 2.75) is 39.8 Å². The van der Waals surface area contributed by atoms with Crippen LogP contribution in [-0.2, 0) is 0 Å². The van der Waals surface area contributed by atoms with E-state index in [9.17, 15) is 5.11 Å². The third kappa shape index (κ3) is 2.52. The van der Waals surface area contributed by atoms with E-state index in [0.29, 0.717) is 23.4 Å². The lowest BCUT2D eigenvalue weighted by atomic mass is 10.0. The Bertz CT molecular complexity index is 210. The second-order valence-electron chi connectivity index (χ2n) is 6.20. The molecule has 0 aliphatic heterocycles. The van der Waals surface area contributed by atoms with Crippen LogP contribution in [0.25, 0.3) is 0 Å². The lowest BCUT2D eigenvalue weighted by Gasteiger charge is -2.17. The number of hydrogen-bond acceptors (Lipinski definition) is 3. The van der Waals surface area contributed by atoms with E-state index in [0.717, 1.165) is 6.54 Å². The van der Waals surface area contributed by atoms with E-state index in [2.05, 4.69) is 33.0 Å². The lowest BCUT2D eigenvalue weighted by molar-refractivity contribution is 0.133. The third-order valence-corrected chi connectivity index (χ3v) is 4.15. The van der Waals surface area contributed by atoms with E-state index < -0.39 is 0 Å². The highest BCUT2D eigenvalue weighted by atomic mass is 16.3. The average Bonchev–Trinajstić information content (AvgIpc) is 2.38. The molecule has 3 nitrogen and oxygen atoms in total. The highest BCUT2D eigenvalue weighted by Gasteiger charge is 2.64. The molecule has 0 aromatic rings. The van der Waals surface area contributed by atoms with Gasteiger partial charge in [-0.3, -0.25) is 0 Å². The van der Waals surface area contributed by atoms with Crippen LogP contribution in [0.3, 0.4) is 0 Å². The van der Waals surface area contributed by atoms with Crippen LogP contribution in [0, 0.1) is 10.8 Å². The van der Waals surface area contributed by atoms with Crippen molar-refractivity contribution >= 4 is 0 Å². The normalized spacial score (nSPS) is 25.6. The monoisotopic (exact) mass is 214 g/mol. The lowest BCUT2D eigenvalue weighted by Crippen LogP contribution is -2.37. The molecule has 15 heavy (non-hydrogen) atoms. The van der Waals surface area contributed by atoms with Crippen molar-refractivity contribution in [3.05, 3.63) is 0 Å². The number of aliphatic hydroxyl groups is 1. The summed E-state index contributed by atoms with van der Waals surface area (Å²) in [6.45, 7) is 10.5. The summed E-state index contributed by atoms with van der Waals surface area (Å²) in [7, 11) is 3.96. The van der Waals surface area contributed by atoms with Crippen LogP contribution in [-0.4, -0.2) is 49.3 Å². The van der Waals surface area contributed by atoms with Gasteiger partial charge >= 0.3 is 0 Å². The van der Waals surface area contributed by atoms with Gasteiger partial charge in [0.25, 0.3) is 0 Å². The molecule has 0 aromatic heterocycles. The molecule has 1 aliphatic rings. The maximum atomic E-state index is 9.73. The van der Waals surface area contributed by atoms with Gasteiger partial charge in [0.05, 0.1) is 6.10 Å². The van der Waals surface area contributed by atoms with Crippen LogP contribution in [0.2, 0.25) is 0 Å². The first-order valence-electron chi connectivity index (χ1n) is 5.75. The second kappa shape index (κ2) is 4.04. The summed E-state index contributed by atoms with van der Waals surface area (Å²) < 4.78 is 0. The molecule has 1 fully saturated rings. The van der Waals surface area contributed by atoms with Gasteiger partial charge in [0.2, 0.25) is 0 Å². The highest BCUT2D eigenvalue weighted by molar-refractivity contribution is 5.17. The smallest absolute Gasteiger partial charge is 0.0791 e. The maximum absolute atomic E-state index is 9.73. The van der Waals surface area contributed by atoms with E-state index >= 15 is 0 Å². The molecular weight excluding hydrogens is 188 g/mol. The number of rotatable bonds is 5. The quantitative estimate of drug-likeness (QED) is 0.715. The van der Waals surface area contributed by atoms with Gasteiger partial charge in [0, 0.05) is 19.1 Å². The first kappa shape index (κ1) is 12.9. The molecule has 0 heterocycles. The Balaban J connectivity index is 2.28. The molecule has 0 bridgehead atoms. The van der Waals surface area contributed by atoms with Crippen molar-refractivity contribution in [2.75, 3.05) is 27.2 Å². The van der Waals surface area contributed by atoms with E-state index in [-0.39, 0.29) is 6.10 Å². The van der Waals surface area contributed by atoms with Gasteiger partial charge in [-0.25, -0.2) is 0 Å². The summed E-state index contributed by atoms with van der Waals surface area (Å²) >= 11 is 0. The third-order valence-electron chi connectivity index (χ3n) is 4.15. The molecule has 0 spiro atoms. The van der Waals surface area contributed by atoms with Crippen LogP contribution in [0.15, 0.2) is 0 Å². The summed E-state index contributed by atoms with van der Waals surface area (Å²) in [5.41, 5.74) is 0.704. The predicted octanol–water partition coefficient (Wildman–Crippen LogP) is 0.933. The molecule has 3 heteroatoms. The van der Waals surface area contributed by atoms with Crippen LogP contribution < -0.4 is 5.32 Å². The topological polar surface area (TPSA) is 35.5 Å². The average molecular weight is 214 g/mol. The second-order valence-corrected chi connectivity index (χ2v) is 6.20. The van der Waals surface area contributed by atoms with Crippen molar-refractivity contribution < 1.29 is 5.11 Å². The van der Waals surface area contributed by atoms with Gasteiger partial charge < -0.3 is 15.3 Å². The fourth-order valence-electron chi connectivity index (χ4n) is 2.45. The fourth-order valence-corrected chi connectivity index (χ4v) is 2.45. The largest absolute Gasteiger partial charge is 0.390 e.